The van der Waals surface area contributed by atoms with E-state index in [9.17, 15) is 9.18 Å². The second-order valence-corrected chi connectivity index (χ2v) is 4.30. The third-order valence-corrected chi connectivity index (χ3v) is 3.09. The number of rotatable bonds is 4. The molecule has 3 nitrogen and oxygen atoms in total. The Morgan fingerprint density at radius 1 is 1.41 bits per heavy atom. The summed E-state index contributed by atoms with van der Waals surface area (Å²) in [5, 5.41) is 8.79. The third kappa shape index (κ3) is 2.82. The molecule has 0 radical (unpaired) electrons. The van der Waals surface area contributed by atoms with Crippen molar-refractivity contribution in [1.82, 2.24) is 0 Å². The van der Waals surface area contributed by atoms with Gasteiger partial charge in [0.05, 0.1) is 18.3 Å². The highest BCUT2D eigenvalue weighted by Gasteiger charge is 2.18. The van der Waals surface area contributed by atoms with Gasteiger partial charge in [-0.3, -0.25) is 0 Å². The van der Waals surface area contributed by atoms with Crippen LogP contribution in [0, 0.1) is 5.82 Å². The highest BCUT2D eigenvalue weighted by Crippen LogP contribution is 2.23. The second kappa shape index (κ2) is 5.27. The molecule has 1 saturated carbocycles. The Morgan fingerprint density at radius 3 is 2.76 bits per heavy atom. The molecule has 1 aromatic rings. The van der Waals surface area contributed by atoms with E-state index in [1.807, 2.05) is 0 Å². The topological polar surface area (TPSA) is 46.5 Å². The fourth-order valence-electron chi connectivity index (χ4n) is 2.12. The number of halogens is 1. The van der Waals surface area contributed by atoms with Crippen LogP contribution in [-0.2, 0) is 11.3 Å². The number of benzene rings is 1. The van der Waals surface area contributed by atoms with Crippen LogP contribution in [-0.4, -0.2) is 17.2 Å². The van der Waals surface area contributed by atoms with Gasteiger partial charge in [0.1, 0.15) is 5.82 Å². The van der Waals surface area contributed by atoms with Crippen LogP contribution >= 0.6 is 0 Å². The first kappa shape index (κ1) is 12.0. The fourth-order valence-corrected chi connectivity index (χ4v) is 2.12. The van der Waals surface area contributed by atoms with Gasteiger partial charge >= 0.3 is 5.97 Å². The van der Waals surface area contributed by atoms with E-state index in [0.717, 1.165) is 25.7 Å². The second-order valence-electron chi connectivity index (χ2n) is 4.30. The highest BCUT2D eigenvalue weighted by atomic mass is 19.1. The van der Waals surface area contributed by atoms with Crippen molar-refractivity contribution in [3.63, 3.8) is 0 Å². The quantitative estimate of drug-likeness (QED) is 0.877. The van der Waals surface area contributed by atoms with Crippen LogP contribution in [0.3, 0.4) is 0 Å². The first-order chi connectivity index (χ1) is 8.18. The van der Waals surface area contributed by atoms with Crippen LogP contribution in [0.25, 0.3) is 0 Å². The van der Waals surface area contributed by atoms with Crippen LogP contribution in [0.1, 0.15) is 41.6 Å². The summed E-state index contributed by atoms with van der Waals surface area (Å²) >= 11 is 0. The summed E-state index contributed by atoms with van der Waals surface area (Å²) in [7, 11) is 0. The Morgan fingerprint density at radius 2 is 2.12 bits per heavy atom. The zero-order valence-corrected chi connectivity index (χ0v) is 9.49. The zero-order chi connectivity index (χ0) is 12.3. The molecule has 4 heteroatoms. The van der Waals surface area contributed by atoms with E-state index in [4.69, 9.17) is 9.84 Å². The van der Waals surface area contributed by atoms with Gasteiger partial charge in [-0.2, -0.15) is 0 Å². The van der Waals surface area contributed by atoms with Gasteiger partial charge in [-0.25, -0.2) is 9.18 Å². The fraction of sp³-hybridized carbons (Fsp3) is 0.462. The van der Waals surface area contributed by atoms with Gasteiger partial charge in [0.25, 0.3) is 0 Å². The van der Waals surface area contributed by atoms with E-state index >= 15 is 0 Å². The molecule has 92 valence electrons. The lowest BCUT2D eigenvalue weighted by Gasteiger charge is -2.12. The van der Waals surface area contributed by atoms with E-state index in [2.05, 4.69) is 0 Å². The molecular weight excluding hydrogens is 223 g/mol. The molecule has 1 aliphatic carbocycles. The van der Waals surface area contributed by atoms with Crippen molar-refractivity contribution in [1.29, 1.82) is 0 Å². The van der Waals surface area contributed by atoms with E-state index < -0.39 is 11.8 Å². The lowest BCUT2D eigenvalue weighted by Crippen LogP contribution is -2.10. The first-order valence-electron chi connectivity index (χ1n) is 5.81. The molecule has 2 rings (SSSR count). The number of ether oxygens (including phenoxy) is 1. The molecule has 0 bridgehead atoms. The number of hydrogen-bond acceptors (Lipinski definition) is 2. The lowest BCUT2D eigenvalue weighted by molar-refractivity contribution is 0.0439. The molecule has 1 aromatic carbocycles. The Kier molecular flexibility index (Phi) is 3.74. The molecule has 0 aliphatic heterocycles. The van der Waals surface area contributed by atoms with E-state index in [1.54, 1.807) is 12.1 Å². The molecule has 17 heavy (non-hydrogen) atoms. The predicted molar refractivity (Wildman–Crippen MR) is 60.4 cm³/mol. The van der Waals surface area contributed by atoms with Crippen molar-refractivity contribution in [2.24, 2.45) is 0 Å². The van der Waals surface area contributed by atoms with Crippen LogP contribution in [0.4, 0.5) is 4.39 Å². The van der Waals surface area contributed by atoms with Crippen molar-refractivity contribution in [2.45, 2.75) is 38.4 Å². The predicted octanol–water partition coefficient (Wildman–Crippen LogP) is 2.98. The SMILES string of the molecule is O=C(O)c1cccc(COC2CCCC2)c1F. The Bertz CT molecular complexity index is 411. The minimum absolute atomic E-state index is 0.150. The minimum atomic E-state index is -1.25. The summed E-state index contributed by atoms with van der Waals surface area (Å²) in [6.45, 7) is 0.150. The van der Waals surface area contributed by atoms with Gasteiger partial charge in [0.15, 0.2) is 0 Å². The number of carboxylic acids is 1. The smallest absolute Gasteiger partial charge is 0.338 e. The highest BCUT2D eigenvalue weighted by molar-refractivity contribution is 5.88. The summed E-state index contributed by atoms with van der Waals surface area (Å²) in [4.78, 5) is 10.8. The molecule has 1 fully saturated rings. The van der Waals surface area contributed by atoms with Gasteiger partial charge in [0.2, 0.25) is 0 Å². The number of hydrogen-bond donors (Lipinski definition) is 1. The molecular formula is C13H15FO3. The number of carboxylic acid groups (broad SMARTS) is 1. The van der Waals surface area contributed by atoms with Gasteiger partial charge in [-0.1, -0.05) is 25.0 Å². The molecule has 0 amide bonds. The summed E-state index contributed by atoms with van der Waals surface area (Å²) in [5.74, 6) is -1.93. The minimum Gasteiger partial charge on any atom is -0.478 e. The first-order valence-corrected chi connectivity index (χ1v) is 5.81. The number of aromatic carboxylic acids is 1. The van der Waals surface area contributed by atoms with Gasteiger partial charge < -0.3 is 9.84 Å². The zero-order valence-electron chi connectivity index (χ0n) is 9.49. The largest absolute Gasteiger partial charge is 0.478 e. The third-order valence-electron chi connectivity index (χ3n) is 3.09. The Labute approximate surface area is 99.2 Å². The molecule has 0 heterocycles. The number of carbonyl (C=O) groups is 1. The molecule has 0 atom stereocenters. The summed E-state index contributed by atoms with van der Waals surface area (Å²) in [6, 6.07) is 4.37. The van der Waals surface area contributed by atoms with Crippen LogP contribution in [0.5, 0.6) is 0 Å². The van der Waals surface area contributed by atoms with Crippen molar-refractivity contribution in [3.05, 3.63) is 35.1 Å². The van der Waals surface area contributed by atoms with E-state index in [1.165, 1.54) is 6.07 Å². The van der Waals surface area contributed by atoms with E-state index in [-0.39, 0.29) is 18.3 Å². The maximum atomic E-state index is 13.7. The molecule has 0 aromatic heterocycles. The molecule has 0 unspecified atom stereocenters. The van der Waals surface area contributed by atoms with Crippen molar-refractivity contribution in [2.75, 3.05) is 0 Å². The summed E-state index contributed by atoms with van der Waals surface area (Å²) < 4.78 is 19.3. The van der Waals surface area contributed by atoms with Crippen LogP contribution < -0.4 is 0 Å². The average Bonchev–Trinajstić information content (AvgIpc) is 2.80. The van der Waals surface area contributed by atoms with Gasteiger partial charge in [-0.05, 0) is 18.9 Å². The van der Waals surface area contributed by atoms with Gasteiger partial charge in [-0.15, -0.1) is 0 Å². The lowest BCUT2D eigenvalue weighted by atomic mass is 10.1. The summed E-state index contributed by atoms with van der Waals surface area (Å²) in [6.07, 6.45) is 4.54. The van der Waals surface area contributed by atoms with Crippen molar-refractivity contribution in [3.8, 4) is 0 Å². The summed E-state index contributed by atoms with van der Waals surface area (Å²) in [5.41, 5.74) is 0.0225. The van der Waals surface area contributed by atoms with E-state index in [0.29, 0.717) is 5.56 Å². The monoisotopic (exact) mass is 238 g/mol. The average molecular weight is 238 g/mol. The van der Waals surface area contributed by atoms with Crippen molar-refractivity contribution >= 4 is 5.97 Å². The van der Waals surface area contributed by atoms with Gasteiger partial charge in [0, 0.05) is 5.56 Å². The van der Waals surface area contributed by atoms with Crippen LogP contribution in [0.2, 0.25) is 0 Å². The Balaban J connectivity index is 2.04. The maximum absolute atomic E-state index is 13.7. The van der Waals surface area contributed by atoms with Crippen molar-refractivity contribution < 1.29 is 19.0 Å². The normalized spacial score (nSPS) is 16.3. The molecule has 1 N–H and O–H groups in total. The molecule has 1 aliphatic rings. The maximum Gasteiger partial charge on any atom is 0.338 e. The van der Waals surface area contributed by atoms with Crippen LogP contribution in [0.15, 0.2) is 18.2 Å². The molecule has 0 spiro atoms. The standard InChI is InChI=1S/C13H15FO3/c14-12-9(4-3-7-11(12)13(15)16)8-17-10-5-1-2-6-10/h3-4,7,10H,1-2,5-6,8H2,(H,15,16). The molecule has 0 saturated heterocycles. The Hall–Kier alpha value is -1.42.